The van der Waals surface area contributed by atoms with Crippen LogP contribution in [0.2, 0.25) is 15.1 Å². The average molecular weight is 1290 g/mol. The van der Waals surface area contributed by atoms with Crippen LogP contribution >= 0.6 is 34.8 Å². The summed E-state index contributed by atoms with van der Waals surface area (Å²) in [6.45, 7) is 9.77. The van der Waals surface area contributed by atoms with E-state index in [1.54, 1.807) is 12.5 Å². The van der Waals surface area contributed by atoms with Crippen LogP contribution in [-0.2, 0) is 9.59 Å². The second kappa shape index (κ2) is 32.9. The van der Waals surface area contributed by atoms with E-state index in [0.29, 0.717) is 41.5 Å². The molecule has 1 aliphatic carbocycles. The lowest BCUT2D eigenvalue weighted by molar-refractivity contribution is -0.134. The lowest BCUT2D eigenvalue weighted by Crippen LogP contribution is -2.42. The molecule has 0 atom stereocenters. The van der Waals surface area contributed by atoms with E-state index in [0.717, 1.165) is 124 Å². The van der Waals surface area contributed by atoms with Gasteiger partial charge in [-0.05, 0) is 196 Å². The number of carboxylic acids is 2. The van der Waals surface area contributed by atoms with Gasteiger partial charge in [0.25, 0.3) is 0 Å². The van der Waals surface area contributed by atoms with Crippen molar-refractivity contribution >= 4 is 46.7 Å². The Labute approximate surface area is 548 Å². The van der Waals surface area contributed by atoms with Crippen molar-refractivity contribution in [2.45, 2.75) is 96.0 Å². The van der Waals surface area contributed by atoms with Crippen molar-refractivity contribution in [3.63, 3.8) is 0 Å². The first-order chi connectivity index (χ1) is 43.4. The van der Waals surface area contributed by atoms with Gasteiger partial charge in [0.1, 0.15) is 23.4 Å². The maximum absolute atomic E-state index is 10.1. The summed E-state index contributed by atoms with van der Waals surface area (Å²) in [5.74, 6) is -0.316. The number of nitrogens with zero attached hydrogens (tertiary/aromatic N) is 10. The first-order valence-electron chi connectivity index (χ1n) is 30.4. The van der Waals surface area contributed by atoms with Crippen LogP contribution in [0.15, 0.2) is 153 Å². The zero-order valence-corrected chi connectivity index (χ0v) is 53.7. The highest BCUT2D eigenvalue weighted by Gasteiger charge is 2.31. The standard InChI is InChI=1S/C23H27ClN4O.C23H27ClN4.C19H20ClN5.C4H4O4.CH4/c1-23(2,29)15-28-13-9-18(10-14-28)22-20(16-7-11-25-12-8-16)21(26-27-22)17-3-5-19(24)6-4-17;1-28(2)15-16-3-5-18(6-4-16)22-21(17-11-13-25-14-12-17)23(27-26-22)19-7-9-20(24)10-8-19;1-25-10-7-14(8-11-25)19-17(16-6-9-21-12-22-16)18(23-24-19)13-2-4-15(20)5-3-13;5-3(6)1-2-4(7)8;/h3-8,11-12,18,29H,9-10,13-15H2,1-2H3,(H,26,27);7-14,16,18H,3-6,15H2,1-2H3,(H,26,27);2-6,9,12,14H,7-8,10-11H2,1H3,(H,23,24);1-2H,(H,5,6)(H,7,8);1H4/b;;;2-1+;. The summed E-state index contributed by atoms with van der Waals surface area (Å²) >= 11 is 18.2. The summed E-state index contributed by atoms with van der Waals surface area (Å²) < 4.78 is 0. The van der Waals surface area contributed by atoms with Gasteiger partial charge in [-0.15, -0.1) is 0 Å². The number of hydrogen-bond acceptors (Lipinski definition) is 13. The molecule has 3 fully saturated rings. The molecule has 2 aliphatic heterocycles. The van der Waals surface area contributed by atoms with E-state index < -0.39 is 17.5 Å². The van der Waals surface area contributed by atoms with Gasteiger partial charge in [-0.3, -0.25) is 25.3 Å². The minimum absolute atomic E-state index is 0. The van der Waals surface area contributed by atoms with Gasteiger partial charge in [0, 0.05) is 140 Å². The third-order valence-corrected chi connectivity index (χ3v) is 17.2. The van der Waals surface area contributed by atoms with E-state index in [4.69, 9.17) is 55.2 Å². The van der Waals surface area contributed by atoms with Crippen LogP contribution in [0.1, 0.15) is 107 Å². The summed E-state index contributed by atoms with van der Waals surface area (Å²) in [4.78, 5) is 43.1. The van der Waals surface area contributed by atoms with E-state index >= 15 is 0 Å². The molecular weight excluding hydrogens is 1210 g/mol. The molecule has 0 radical (unpaired) electrons. The number of nitrogens with one attached hydrogen (secondary N) is 3. The molecule has 21 heteroatoms. The first kappa shape index (κ1) is 69.0. The van der Waals surface area contributed by atoms with Gasteiger partial charge in [0.15, 0.2) is 0 Å². The predicted molar refractivity (Wildman–Crippen MR) is 363 cm³/mol. The van der Waals surface area contributed by atoms with Crippen LogP contribution in [0.25, 0.3) is 67.3 Å². The third-order valence-electron chi connectivity index (χ3n) is 16.5. The summed E-state index contributed by atoms with van der Waals surface area (Å²) in [6, 6.07) is 33.7. The molecule has 1 saturated carbocycles. The fourth-order valence-corrected chi connectivity index (χ4v) is 12.6. The number of hydrogen-bond donors (Lipinski definition) is 6. The van der Waals surface area contributed by atoms with Crippen LogP contribution in [0.4, 0.5) is 0 Å². The van der Waals surface area contributed by atoms with Gasteiger partial charge in [0.05, 0.1) is 11.3 Å². The van der Waals surface area contributed by atoms with Crippen LogP contribution in [0, 0.1) is 5.92 Å². The molecule has 0 amide bonds. The van der Waals surface area contributed by atoms with Crippen LogP contribution in [0.5, 0.6) is 0 Å². The summed E-state index contributed by atoms with van der Waals surface area (Å²) in [6.07, 6.45) is 21.1. The number of β-amino-alcohol motifs (C(OH)–C–C–N with tert-alkyl or cyclic N) is 1. The Hall–Kier alpha value is -7.94. The number of aliphatic hydroxyl groups is 1. The number of likely N-dealkylation sites (tertiary alicyclic amines) is 2. The number of carboxylic acid groups (broad SMARTS) is 2. The van der Waals surface area contributed by atoms with Gasteiger partial charge in [0.2, 0.25) is 0 Å². The van der Waals surface area contributed by atoms with E-state index in [9.17, 15) is 14.7 Å². The zero-order valence-electron chi connectivity index (χ0n) is 51.4. The SMILES string of the molecule is C.CC(C)(O)CN1CCC(c2[nH]nc(-c3ccc(Cl)cc3)c2-c2ccncc2)CC1.CN(C)CC1CCC(c2[nH]nc(-c3ccc(Cl)cc3)c2-c2ccncc2)CC1.CN1CCC(c2[nH]nc(-c3ccc(Cl)cc3)c2-c2ccncn2)CC1.O=C(O)/C=C/C(=O)O. The van der Waals surface area contributed by atoms with Crippen molar-refractivity contribution in [2.24, 2.45) is 5.92 Å². The summed E-state index contributed by atoms with van der Waals surface area (Å²) in [5, 5.41) is 52.1. The molecular formula is C70H82Cl3N13O5. The normalized spacial score (nSPS) is 16.6. The molecule has 8 heterocycles. The highest BCUT2D eigenvalue weighted by atomic mass is 35.5. The second-order valence-corrected chi connectivity index (χ2v) is 25.4. The van der Waals surface area contributed by atoms with Crippen LogP contribution in [0.3, 0.4) is 0 Å². The van der Waals surface area contributed by atoms with Gasteiger partial charge >= 0.3 is 11.9 Å². The molecule has 12 rings (SSSR count). The molecule has 3 aromatic carbocycles. The number of pyridine rings is 2. The third kappa shape index (κ3) is 19.3. The lowest BCUT2D eigenvalue weighted by Gasteiger charge is -2.35. The summed E-state index contributed by atoms with van der Waals surface area (Å²) in [5.41, 5.74) is 15.6. The highest BCUT2D eigenvalue weighted by Crippen LogP contribution is 2.44. The van der Waals surface area contributed by atoms with E-state index in [-0.39, 0.29) is 7.43 Å². The number of aromatic nitrogens is 10. The number of aromatic amines is 3. The van der Waals surface area contributed by atoms with Gasteiger partial charge < -0.3 is 30.0 Å². The van der Waals surface area contributed by atoms with Crippen LogP contribution < -0.4 is 0 Å². The number of carbonyl (C=O) groups is 2. The van der Waals surface area contributed by atoms with Crippen molar-refractivity contribution in [2.75, 3.05) is 60.4 Å². The molecule has 0 spiro atoms. The molecule has 9 aromatic rings. The van der Waals surface area contributed by atoms with Gasteiger partial charge in [-0.25, -0.2) is 19.6 Å². The number of H-pyrrole nitrogens is 3. The first-order valence-corrected chi connectivity index (χ1v) is 31.5. The maximum atomic E-state index is 10.1. The van der Waals surface area contributed by atoms with Crippen molar-refractivity contribution in [3.8, 4) is 67.3 Å². The Balaban J connectivity index is 0.000000165. The molecule has 6 N–H and O–H groups in total. The Morgan fingerprint density at radius 2 is 0.912 bits per heavy atom. The monoisotopic (exact) mass is 1290 g/mol. The van der Waals surface area contributed by atoms with Crippen LogP contribution in [-0.4, -0.2) is 158 Å². The molecule has 91 heavy (non-hydrogen) atoms. The number of rotatable bonds is 15. The average Bonchev–Trinajstić information content (AvgIpc) is 1.76. The Morgan fingerprint density at radius 1 is 0.538 bits per heavy atom. The fourth-order valence-electron chi connectivity index (χ4n) is 12.2. The molecule has 0 unspecified atom stereocenters. The molecule has 3 aliphatic rings. The van der Waals surface area contributed by atoms with Crippen molar-refractivity contribution in [1.29, 1.82) is 0 Å². The fraction of sp³-hybridized carbons (Fsp3) is 0.357. The largest absolute Gasteiger partial charge is 0.478 e. The maximum Gasteiger partial charge on any atom is 0.328 e. The molecule has 478 valence electrons. The van der Waals surface area contributed by atoms with E-state index in [2.05, 4.69) is 88.3 Å². The Bertz CT molecular complexity index is 3710. The van der Waals surface area contributed by atoms with E-state index in [1.807, 2.05) is 130 Å². The quantitative estimate of drug-likeness (QED) is 0.0523. The highest BCUT2D eigenvalue weighted by molar-refractivity contribution is 6.31. The number of benzene rings is 3. The molecule has 2 saturated heterocycles. The van der Waals surface area contributed by atoms with Crippen molar-refractivity contribution < 1.29 is 24.9 Å². The topological polar surface area (TPSA) is 242 Å². The number of halogens is 3. The lowest BCUT2D eigenvalue weighted by atomic mass is 9.78. The minimum Gasteiger partial charge on any atom is -0.478 e. The Kier molecular flexibility index (Phi) is 24.9. The summed E-state index contributed by atoms with van der Waals surface area (Å²) in [7, 11) is 6.51. The molecule has 0 bridgehead atoms. The van der Waals surface area contributed by atoms with E-state index in [1.165, 1.54) is 60.4 Å². The number of piperidine rings is 2. The van der Waals surface area contributed by atoms with Crippen molar-refractivity contribution in [3.05, 3.63) is 185 Å². The number of aliphatic carboxylic acids is 2. The second-order valence-electron chi connectivity index (χ2n) is 24.1. The zero-order chi connectivity index (χ0) is 63.7. The Morgan fingerprint density at radius 3 is 1.29 bits per heavy atom. The predicted octanol–water partition coefficient (Wildman–Crippen LogP) is 14.7. The minimum atomic E-state index is -1.26. The van der Waals surface area contributed by atoms with Crippen molar-refractivity contribution in [1.82, 2.24) is 65.2 Å². The molecule has 6 aromatic heterocycles. The smallest absolute Gasteiger partial charge is 0.328 e. The van der Waals surface area contributed by atoms with Gasteiger partial charge in [-0.2, -0.15) is 15.3 Å². The van der Waals surface area contributed by atoms with Gasteiger partial charge in [-0.1, -0.05) is 78.6 Å². The molecule has 18 nitrogen and oxygen atoms in total.